The Morgan fingerprint density at radius 3 is 2.88 bits per heavy atom. The standard InChI is InChI=1S/C17H20N4O2S/c1-19-14(3-7-18-19)15(22)20-8-2-5-17(12-20)6-9-21(16(17)23)13-4-10-24-11-13/h3-4,7,10-11H,2,5-6,8-9,12H2,1H3/t17-/m0/s1. The lowest BCUT2D eigenvalue weighted by Crippen LogP contribution is -2.50. The summed E-state index contributed by atoms with van der Waals surface area (Å²) in [6.07, 6.45) is 4.18. The zero-order valence-electron chi connectivity index (χ0n) is 13.6. The Labute approximate surface area is 144 Å². The molecular formula is C17H20N4O2S. The normalized spacial score (nSPS) is 24.1. The van der Waals surface area contributed by atoms with E-state index >= 15 is 0 Å². The van der Waals surface area contributed by atoms with Gasteiger partial charge in [-0.25, -0.2) is 0 Å². The summed E-state index contributed by atoms with van der Waals surface area (Å²) in [5, 5.41) is 8.08. The summed E-state index contributed by atoms with van der Waals surface area (Å²) in [6.45, 7) is 1.96. The summed E-state index contributed by atoms with van der Waals surface area (Å²) in [5.41, 5.74) is 1.14. The number of piperidine rings is 1. The molecule has 2 saturated heterocycles. The van der Waals surface area contributed by atoms with E-state index in [9.17, 15) is 9.59 Å². The number of carbonyl (C=O) groups is 2. The average molecular weight is 344 g/mol. The second-order valence-corrected chi connectivity index (χ2v) is 7.42. The van der Waals surface area contributed by atoms with Crippen LogP contribution >= 0.6 is 11.3 Å². The first kappa shape index (κ1) is 15.4. The average Bonchev–Trinajstić information content (AvgIpc) is 3.31. The van der Waals surface area contributed by atoms with E-state index in [0.29, 0.717) is 18.8 Å². The number of anilines is 1. The highest BCUT2D eigenvalue weighted by Gasteiger charge is 2.50. The molecule has 24 heavy (non-hydrogen) atoms. The van der Waals surface area contributed by atoms with Crippen molar-refractivity contribution in [2.24, 2.45) is 12.5 Å². The van der Waals surface area contributed by atoms with Crippen LogP contribution in [0.2, 0.25) is 0 Å². The highest BCUT2D eigenvalue weighted by molar-refractivity contribution is 7.08. The van der Waals surface area contributed by atoms with Gasteiger partial charge in [0.2, 0.25) is 5.91 Å². The van der Waals surface area contributed by atoms with E-state index in [0.717, 1.165) is 31.5 Å². The third-order valence-electron chi connectivity index (χ3n) is 5.23. The Hall–Kier alpha value is -2.15. The summed E-state index contributed by atoms with van der Waals surface area (Å²) >= 11 is 1.60. The van der Waals surface area contributed by atoms with Crippen molar-refractivity contribution in [3.63, 3.8) is 0 Å². The lowest BCUT2D eigenvalue weighted by atomic mass is 9.78. The van der Waals surface area contributed by atoms with Crippen LogP contribution in [0.25, 0.3) is 0 Å². The van der Waals surface area contributed by atoms with Gasteiger partial charge in [-0.2, -0.15) is 16.4 Å². The molecule has 0 radical (unpaired) electrons. The minimum Gasteiger partial charge on any atom is -0.336 e. The van der Waals surface area contributed by atoms with Gasteiger partial charge in [0, 0.05) is 38.3 Å². The predicted molar refractivity (Wildman–Crippen MR) is 92.1 cm³/mol. The largest absolute Gasteiger partial charge is 0.336 e. The molecule has 4 heterocycles. The zero-order chi connectivity index (χ0) is 16.7. The maximum absolute atomic E-state index is 13.1. The van der Waals surface area contributed by atoms with E-state index in [2.05, 4.69) is 5.10 Å². The number of amides is 2. The molecule has 2 aromatic rings. The maximum Gasteiger partial charge on any atom is 0.272 e. The summed E-state index contributed by atoms with van der Waals surface area (Å²) in [4.78, 5) is 29.6. The molecule has 0 N–H and O–H groups in total. The van der Waals surface area contributed by atoms with Crippen molar-refractivity contribution in [3.8, 4) is 0 Å². The van der Waals surface area contributed by atoms with Crippen molar-refractivity contribution in [2.45, 2.75) is 19.3 Å². The van der Waals surface area contributed by atoms with E-state index in [4.69, 9.17) is 0 Å². The maximum atomic E-state index is 13.1. The van der Waals surface area contributed by atoms with Crippen LogP contribution < -0.4 is 4.90 Å². The Balaban J connectivity index is 1.56. The summed E-state index contributed by atoms with van der Waals surface area (Å²) in [5.74, 6) is 0.138. The van der Waals surface area contributed by atoms with E-state index in [-0.39, 0.29) is 11.8 Å². The van der Waals surface area contributed by atoms with Gasteiger partial charge < -0.3 is 9.80 Å². The molecule has 2 fully saturated rings. The quantitative estimate of drug-likeness (QED) is 0.839. The van der Waals surface area contributed by atoms with Crippen LogP contribution in [0, 0.1) is 5.41 Å². The van der Waals surface area contributed by atoms with Crippen LogP contribution in [0.15, 0.2) is 29.1 Å². The highest BCUT2D eigenvalue weighted by atomic mass is 32.1. The third-order valence-corrected chi connectivity index (χ3v) is 5.91. The van der Waals surface area contributed by atoms with Gasteiger partial charge in [0.25, 0.3) is 5.91 Å². The fourth-order valence-electron chi connectivity index (χ4n) is 3.91. The molecule has 6 nitrogen and oxygen atoms in total. The highest BCUT2D eigenvalue weighted by Crippen LogP contribution is 2.42. The molecule has 2 aliphatic rings. The van der Waals surface area contributed by atoms with E-state index in [1.807, 2.05) is 26.6 Å². The van der Waals surface area contributed by atoms with Crippen LogP contribution in [0.3, 0.4) is 0 Å². The van der Waals surface area contributed by atoms with Crippen LogP contribution in [-0.2, 0) is 11.8 Å². The minimum atomic E-state index is -0.422. The Bertz CT molecular complexity index is 769. The molecule has 0 aliphatic carbocycles. The molecule has 2 amide bonds. The van der Waals surface area contributed by atoms with Gasteiger partial charge >= 0.3 is 0 Å². The van der Waals surface area contributed by atoms with Gasteiger partial charge in [-0.1, -0.05) is 0 Å². The molecule has 2 aliphatic heterocycles. The third kappa shape index (κ3) is 2.34. The van der Waals surface area contributed by atoms with Gasteiger partial charge in [-0.15, -0.1) is 0 Å². The van der Waals surface area contributed by atoms with Crippen molar-refractivity contribution in [2.75, 3.05) is 24.5 Å². The van der Waals surface area contributed by atoms with Gasteiger partial charge in [0.15, 0.2) is 0 Å². The second-order valence-electron chi connectivity index (χ2n) is 6.64. The van der Waals surface area contributed by atoms with Crippen LogP contribution in [0.1, 0.15) is 29.8 Å². The van der Waals surface area contributed by atoms with Gasteiger partial charge in [0.1, 0.15) is 5.69 Å². The van der Waals surface area contributed by atoms with E-state index in [1.54, 1.807) is 35.3 Å². The molecule has 0 unspecified atom stereocenters. The molecule has 2 aromatic heterocycles. The molecule has 0 saturated carbocycles. The summed E-state index contributed by atoms with van der Waals surface area (Å²) < 4.78 is 1.59. The molecule has 1 spiro atoms. The fourth-order valence-corrected chi connectivity index (χ4v) is 4.55. The molecule has 0 bridgehead atoms. The lowest BCUT2D eigenvalue weighted by molar-refractivity contribution is -0.127. The molecule has 4 rings (SSSR count). The Kier molecular flexibility index (Phi) is 3.68. The smallest absolute Gasteiger partial charge is 0.272 e. The van der Waals surface area contributed by atoms with Crippen molar-refractivity contribution in [1.82, 2.24) is 14.7 Å². The van der Waals surface area contributed by atoms with Crippen LogP contribution in [0.5, 0.6) is 0 Å². The number of hydrogen-bond donors (Lipinski definition) is 0. The number of likely N-dealkylation sites (tertiary alicyclic amines) is 1. The van der Waals surface area contributed by atoms with E-state index in [1.165, 1.54) is 0 Å². The van der Waals surface area contributed by atoms with Gasteiger partial charge in [-0.05, 0) is 36.8 Å². The number of rotatable bonds is 2. The first-order chi connectivity index (χ1) is 11.6. The molecule has 7 heteroatoms. The number of hydrogen-bond acceptors (Lipinski definition) is 4. The second kappa shape index (κ2) is 5.73. The zero-order valence-corrected chi connectivity index (χ0v) is 14.5. The van der Waals surface area contributed by atoms with Crippen molar-refractivity contribution in [1.29, 1.82) is 0 Å². The summed E-state index contributed by atoms with van der Waals surface area (Å²) in [6, 6.07) is 3.72. The van der Waals surface area contributed by atoms with Gasteiger partial charge in [-0.3, -0.25) is 14.3 Å². The first-order valence-corrected chi connectivity index (χ1v) is 9.16. The SMILES string of the molecule is Cn1nccc1C(=O)N1CCC[C@]2(CCN(c3ccsc3)C2=O)C1. The first-order valence-electron chi connectivity index (χ1n) is 8.22. The summed E-state index contributed by atoms with van der Waals surface area (Å²) in [7, 11) is 1.77. The number of carbonyl (C=O) groups excluding carboxylic acids is 2. The molecular weight excluding hydrogens is 324 g/mol. The monoisotopic (exact) mass is 344 g/mol. The number of thiophene rings is 1. The van der Waals surface area contributed by atoms with Crippen molar-refractivity contribution >= 4 is 28.8 Å². The van der Waals surface area contributed by atoms with Crippen LogP contribution in [0.4, 0.5) is 5.69 Å². The van der Waals surface area contributed by atoms with Crippen LogP contribution in [-0.4, -0.2) is 46.1 Å². The van der Waals surface area contributed by atoms with Crippen molar-refractivity contribution < 1.29 is 9.59 Å². The van der Waals surface area contributed by atoms with Gasteiger partial charge in [0.05, 0.1) is 11.1 Å². The molecule has 1 atom stereocenters. The van der Waals surface area contributed by atoms with Crippen molar-refractivity contribution in [3.05, 3.63) is 34.8 Å². The molecule has 0 aromatic carbocycles. The Morgan fingerprint density at radius 2 is 2.17 bits per heavy atom. The lowest BCUT2D eigenvalue weighted by Gasteiger charge is -2.38. The fraction of sp³-hybridized carbons (Fsp3) is 0.471. The Morgan fingerprint density at radius 1 is 1.29 bits per heavy atom. The number of aryl methyl sites for hydroxylation is 1. The topological polar surface area (TPSA) is 58.4 Å². The van der Waals surface area contributed by atoms with E-state index < -0.39 is 5.41 Å². The minimum absolute atomic E-state index is 0.0316. The number of nitrogens with zero attached hydrogens (tertiary/aromatic N) is 4. The molecule has 126 valence electrons. The number of aromatic nitrogens is 2. The predicted octanol–water partition coefficient (Wildman–Crippen LogP) is 2.14.